The zero-order valence-electron chi connectivity index (χ0n) is 14.8. The van der Waals surface area contributed by atoms with Gasteiger partial charge in [0.25, 0.3) is 0 Å². The fourth-order valence-electron chi connectivity index (χ4n) is 2.71. The van der Waals surface area contributed by atoms with Crippen LogP contribution in [0.2, 0.25) is 0 Å². The van der Waals surface area contributed by atoms with Gasteiger partial charge in [-0.1, -0.05) is 29.8 Å². The maximum Gasteiger partial charge on any atom is 0.221 e. The number of aryl methyl sites for hydroxylation is 2. The lowest BCUT2D eigenvalue weighted by atomic mass is 10.2. The molecule has 3 aromatic rings. The summed E-state index contributed by atoms with van der Waals surface area (Å²) >= 11 is 0. The van der Waals surface area contributed by atoms with Crippen LogP contribution in [0.1, 0.15) is 17.8 Å². The van der Waals surface area contributed by atoms with Gasteiger partial charge in [0.2, 0.25) is 5.91 Å². The molecule has 7 heteroatoms. The number of fused-ring (bicyclic) bond motifs is 1. The zero-order chi connectivity index (χ0) is 18.7. The molecule has 1 aromatic heterocycles. The monoisotopic (exact) mass is 371 g/mol. The molecule has 0 radical (unpaired) electrons. The van der Waals surface area contributed by atoms with Crippen LogP contribution in [0.3, 0.4) is 0 Å². The van der Waals surface area contributed by atoms with E-state index < -0.39 is 9.84 Å². The van der Waals surface area contributed by atoms with E-state index >= 15 is 0 Å². The fourth-order valence-corrected chi connectivity index (χ4v) is 3.95. The Morgan fingerprint density at radius 1 is 1.12 bits per heavy atom. The van der Waals surface area contributed by atoms with E-state index in [2.05, 4.69) is 10.3 Å². The number of nitrogens with zero attached hydrogens (tertiary/aromatic N) is 2. The topological polar surface area (TPSA) is 81.1 Å². The summed E-state index contributed by atoms with van der Waals surface area (Å²) in [6.07, 6.45) is -0.0832. The lowest BCUT2D eigenvalue weighted by Crippen LogP contribution is -2.26. The molecule has 0 saturated heterocycles. The highest BCUT2D eigenvalue weighted by molar-refractivity contribution is 7.91. The van der Waals surface area contributed by atoms with Crippen molar-refractivity contribution in [1.29, 1.82) is 0 Å². The van der Waals surface area contributed by atoms with Crippen molar-refractivity contribution in [3.05, 3.63) is 59.9 Å². The molecule has 136 valence electrons. The summed E-state index contributed by atoms with van der Waals surface area (Å²) in [7, 11) is -1.58. The van der Waals surface area contributed by atoms with E-state index in [0.29, 0.717) is 0 Å². The maximum atomic E-state index is 12.3. The van der Waals surface area contributed by atoms with E-state index in [1.165, 1.54) is 0 Å². The highest BCUT2D eigenvalue weighted by Gasteiger charge is 2.16. The second-order valence-corrected chi connectivity index (χ2v) is 8.34. The number of imidazole rings is 1. The third-order valence-corrected chi connectivity index (χ3v) is 6.03. The second-order valence-electron chi connectivity index (χ2n) is 6.23. The number of hydrogen-bond acceptors (Lipinski definition) is 4. The minimum absolute atomic E-state index is 0.0832. The van der Waals surface area contributed by atoms with Crippen LogP contribution in [0.5, 0.6) is 0 Å². The van der Waals surface area contributed by atoms with Gasteiger partial charge in [-0.05, 0) is 31.2 Å². The van der Waals surface area contributed by atoms with E-state index in [0.717, 1.165) is 22.4 Å². The van der Waals surface area contributed by atoms with Crippen molar-refractivity contribution in [2.75, 3.05) is 5.75 Å². The summed E-state index contributed by atoms with van der Waals surface area (Å²) in [6.45, 7) is 2.15. The average Bonchev–Trinajstić information content (AvgIpc) is 2.95. The molecule has 0 bridgehead atoms. The molecule has 6 nitrogen and oxygen atoms in total. The van der Waals surface area contributed by atoms with Gasteiger partial charge in [-0.15, -0.1) is 0 Å². The van der Waals surface area contributed by atoms with Crippen LogP contribution in [-0.2, 0) is 28.2 Å². The number of sulfone groups is 1. The quantitative estimate of drug-likeness (QED) is 0.721. The molecule has 0 spiro atoms. The first kappa shape index (κ1) is 18.1. The van der Waals surface area contributed by atoms with Crippen LogP contribution in [0, 0.1) is 6.92 Å². The van der Waals surface area contributed by atoms with Crippen LogP contribution in [0.15, 0.2) is 53.4 Å². The fraction of sp³-hybridized carbons (Fsp3) is 0.263. The minimum Gasteiger partial charge on any atom is -0.349 e. The summed E-state index contributed by atoms with van der Waals surface area (Å²) in [4.78, 5) is 16.8. The predicted octanol–water partition coefficient (Wildman–Crippen LogP) is 2.36. The Bertz CT molecular complexity index is 1040. The highest BCUT2D eigenvalue weighted by Crippen LogP contribution is 2.15. The molecule has 3 rings (SSSR count). The number of hydrogen-bond donors (Lipinski definition) is 1. The van der Waals surface area contributed by atoms with Crippen molar-refractivity contribution in [2.24, 2.45) is 7.05 Å². The van der Waals surface area contributed by atoms with Crippen LogP contribution in [0.4, 0.5) is 0 Å². The Morgan fingerprint density at radius 3 is 2.50 bits per heavy atom. The molecule has 0 aliphatic carbocycles. The molecule has 1 N–H and O–H groups in total. The first-order chi connectivity index (χ1) is 12.4. The van der Waals surface area contributed by atoms with Crippen LogP contribution in [0.25, 0.3) is 11.0 Å². The van der Waals surface area contributed by atoms with Crippen molar-refractivity contribution in [3.8, 4) is 0 Å². The standard InChI is InChI=1S/C19H21N3O3S/c1-14-7-9-15(10-8-14)26(24,25)12-11-19(23)20-13-18-21-16-5-3-4-6-17(16)22(18)2/h3-10H,11-13H2,1-2H3,(H,20,23). The molecule has 0 fully saturated rings. The van der Waals surface area contributed by atoms with E-state index in [1.807, 2.05) is 42.8 Å². The largest absolute Gasteiger partial charge is 0.349 e. The van der Waals surface area contributed by atoms with Gasteiger partial charge in [0.05, 0.1) is 28.2 Å². The zero-order valence-corrected chi connectivity index (χ0v) is 15.6. The Kier molecular flexibility index (Phi) is 5.08. The Balaban J connectivity index is 1.58. The first-order valence-electron chi connectivity index (χ1n) is 8.33. The van der Waals surface area contributed by atoms with Gasteiger partial charge in [-0.25, -0.2) is 13.4 Å². The van der Waals surface area contributed by atoms with Crippen molar-refractivity contribution in [1.82, 2.24) is 14.9 Å². The van der Waals surface area contributed by atoms with Crippen molar-refractivity contribution in [3.63, 3.8) is 0 Å². The summed E-state index contributed by atoms with van der Waals surface area (Å²) < 4.78 is 26.5. The van der Waals surface area contributed by atoms with Crippen molar-refractivity contribution in [2.45, 2.75) is 24.8 Å². The number of rotatable bonds is 6. The van der Waals surface area contributed by atoms with Gasteiger partial charge < -0.3 is 9.88 Å². The summed E-state index contributed by atoms with van der Waals surface area (Å²) in [5, 5.41) is 2.75. The maximum absolute atomic E-state index is 12.3. The summed E-state index contributed by atoms with van der Waals surface area (Å²) in [6, 6.07) is 14.4. The Labute approximate surface area is 152 Å². The number of carbonyl (C=O) groups is 1. The van der Waals surface area contributed by atoms with Crippen molar-refractivity contribution >= 4 is 26.8 Å². The van der Waals surface area contributed by atoms with Crippen molar-refractivity contribution < 1.29 is 13.2 Å². The molecule has 2 aromatic carbocycles. The van der Waals surface area contributed by atoms with E-state index in [9.17, 15) is 13.2 Å². The summed E-state index contributed by atoms with van der Waals surface area (Å²) in [5.41, 5.74) is 2.84. The number of aromatic nitrogens is 2. The van der Waals surface area contributed by atoms with Gasteiger partial charge in [-0.2, -0.15) is 0 Å². The smallest absolute Gasteiger partial charge is 0.221 e. The normalized spacial score (nSPS) is 11.6. The SMILES string of the molecule is Cc1ccc(S(=O)(=O)CCC(=O)NCc2nc3ccccc3n2C)cc1. The number of benzene rings is 2. The van der Waals surface area contributed by atoms with Gasteiger partial charge in [0.1, 0.15) is 5.82 Å². The molecular formula is C19H21N3O3S. The van der Waals surface area contributed by atoms with Crippen LogP contribution < -0.4 is 5.32 Å². The highest BCUT2D eigenvalue weighted by atomic mass is 32.2. The molecule has 0 aliphatic heterocycles. The Morgan fingerprint density at radius 2 is 1.81 bits per heavy atom. The third kappa shape index (κ3) is 3.94. The molecule has 1 amide bonds. The van der Waals surface area contributed by atoms with Crippen LogP contribution >= 0.6 is 0 Å². The summed E-state index contributed by atoms with van der Waals surface area (Å²) in [5.74, 6) is 0.193. The Hall–Kier alpha value is -2.67. The van der Waals surface area contributed by atoms with Gasteiger partial charge in [-0.3, -0.25) is 4.79 Å². The van der Waals surface area contributed by atoms with Gasteiger partial charge in [0.15, 0.2) is 9.84 Å². The lowest BCUT2D eigenvalue weighted by Gasteiger charge is -2.07. The van der Waals surface area contributed by atoms with E-state index in [1.54, 1.807) is 24.3 Å². The second kappa shape index (κ2) is 7.29. The molecule has 0 saturated carbocycles. The minimum atomic E-state index is -3.47. The molecule has 0 atom stereocenters. The molecule has 1 heterocycles. The molecule has 26 heavy (non-hydrogen) atoms. The number of amides is 1. The molecule has 0 unspecified atom stereocenters. The number of carbonyl (C=O) groups excluding carboxylic acids is 1. The van der Waals surface area contributed by atoms with Gasteiger partial charge >= 0.3 is 0 Å². The van der Waals surface area contributed by atoms with E-state index in [4.69, 9.17) is 0 Å². The molecule has 0 aliphatic rings. The first-order valence-corrected chi connectivity index (χ1v) is 9.98. The van der Waals surface area contributed by atoms with E-state index in [-0.39, 0.29) is 29.5 Å². The third-order valence-electron chi connectivity index (χ3n) is 4.30. The number of nitrogens with one attached hydrogen (secondary N) is 1. The predicted molar refractivity (Wildman–Crippen MR) is 100 cm³/mol. The van der Waals surface area contributed by atoms with Crippen LogP contribution in [-0.4, -0.2) is 29.6 Å². The lowest BCUT2D eigenvalue weighted by molar-refractivity contribution is -0.120. The number of para-hydroxylation sites is 2. The van der Waals surface area contributed by atoms with Gasteiger partial charge in [0, 0.05) is 13.5 Å². The average molecular weight is 371 g/mol. The molecular weight excluding hydrogens is 350 g/mol.